The van der Waals surface area contributed by atoms with Crippen LogP contribution in [0, 0.1) is 0 Å². The van der Waals surface area contributed by atoms with E-state index in [1.54, 1.807) is 6.20 Å². The number of carbonyl (C=O) groups excluding carboxylic acids is 1. The smallest absolute Gasteiger partial charge is 0.243 e. The molecule has 1 saturated heterocycles. The SMILES string of the molecule is O=C(Nc1cnc2ccccc2c1)C1COCCN1. The molecule has 98 valence electrons. The normalized spacial score (nSPS) is 19.3. The first kappa shape index (κ1) is 12.1. The number of fused-ring (bicyclic) bond motifs is 1. The number of ether oxygens (including phenoxy) is 1. The summed E-state index contributed by atoms with van der Waals surface area (Å²) in [4.78, 5) is 16.3. The molecule has 0 radical (unpaired) electrons. The molecule has 5 nitrogen and oxygen atoms in total. The van der Waals surface area contributed by atoms with Gasteiger partial charge in [0.05, 0.1) is 30.6 Å². The lowest BCUT2D eigenvalue weighted by Gasteiger charge is -2.22. The van der Waals surface area contributed by atoms with Crippen molar-refractivity contribution in [3.63, 3.8) is 0 Å². The standard InChI is InChI=1S/C14H15N3O2/c18-14(13-9-19-6-5-15-13)17-11-7-10-3-1-2-4-12(10)16-8-11/h1-4,7-8,13,15H,5-6,9H2,(H,17,18). The van der Waals surface area contributed by atoms with Crippen LogP contribution in [0.15, 0.2) is 36.5 Å². The summed E-state index contributed by atoms with van der Waals surface area (Å²) in [5.41, 5.74) is 1.62. The third-order valence-corrected chi connectivity index (χ3v) is 3.10. The van der Waals surface area contributed by atoms with Crippen molar-refractivity contribution in [2.75, 3.05) is 25.1 Å². The van der Waals surface area contributed by atoms with Gasteiger partial charge in [-0.1, -0.05) is 18.2 Å². The van der Waals surface area contributed by atoms with Gasteiger partial charge in [-0.25, -0.2) is 0 Å². The van der Waals surface area contributed by atoms with Gasteiger partial charge in [0.15, 0.2) is 0 Å². The van der Waals surface area contributed by atoms with Crippen LogP contribution in [0.5, 0.6) is 0 Å². The number of morpholine rings is 1. The summed E-state index contributed by atoms with van der Waals surface area (Å²) in [5, 5.41) is 6.99. The molecule has 19 heavy (non-hydrogen) atoms. The highest BCUT2D eigenvalue weighted by Crippen LogP contribution is 2.16. The van der Waals surface area contributed by atoms with Gasteiger partial charge in [-0.2, -0.15) is 0 Å². The van der Waals surface area contributed by atoms with Crippen molar-refractivity contribution in [2.24, 2.45) is 0 Å². The lowest BCUT2D eigenvalue weighted by molar-refractivity contribution is -0.120. The van der Waals surface area contributed by atoms with Gasteiger partial charge >= 0.3 is 0 Å². The molecule has 1 unspecified atom stereocenters. The molecule has 2 N–H and O–H groups in total. The lowest BCUT2D eigenvalue weighted by atomic mass is 10.2. The Balaban J connectivity index is 1.75. The van der Waals surface area contributed by atoms with Crippen LogP contribution in [-0.4, -0.2) is 36.7 Å². The molecular weight excluding hydrogens is 242 g/mol. The summed E-state index contributed by atoms with van der Waals surface area (Å²) in [6.45, 7) is 1.77. The zero-order valence-corrected chi connectivity index (χ0v) is 10.4. The largest absolute Gasteiger partial charge is 0.378 e. The van der Waals surface area contributed by atoms with E-state index in [-0.39, 0.29) is 11.9 Å². The highest BCUT2D eigenvalue weighted by Gasteiger charge is 2.21. The topological polar surface area (TPSA) is 63.2 Å². The molecule has 5 heteroatoms. The zero-order chi connectivity index (χ0) is 13.1. The summed E-state index contributed by atoms with van der Waals surface area (Å²) in [7, 11) is 0. The van der Waals surface area contributed by atoms with E-state index in [1.807, 2.05) is 30.3 Å². The second-order valence-electron chi connectivity index (χ2n) is 4.49. The fourth-order valence-electron chi connectivity index (χ4n) is 2.10. The van der Waals surface area contributed by atoms with E-state index in [9.17, 15) is 4.79 Å². The quantitative estimate of drug-likeness (QED) is 0.847. The molecule has 0 saturated carbocycles. The van der Waals surface area contributed by atoms with E-state index < -0.39 is 0 Å². The van der Waals surface area contributed by atoms with Gasteiger partial charge in [0.25, 0.3) is 0 Å². The van der Waals surface area contributed by atoms with Crippen molar-refractivity contribution in [1.82, 2.24) is 10.3 Å². The Morgan fingerprint density at radius 3 is 3.16 bits per heavy atom. The average Bonchev–Trinajstić information content (AvgIpc) is 2.48. The molecule has 2 heterocycles. The van der Waals surface area contributed by atoms with Crippen LogP contribution in [-0.2, 0) is 9.53 Å². The van der Waals surface area contributed by atoms with Crippen molar-refractivity contribution >= 4 is 22.5 Å². The maximum atomic E-state index is 12.0. The fourth-order valence-corrected chi connectivity index (χ4v) is 2.10. The van der Waals surface area contributed by atoms with Gasteiger partial charge in [-0.3, -0.25) is 9.78 Å². The Kier molecular flexibility index (Phi) is 3.39. The Hall–Kier alpha value is -1.98. The van der Waals surface area contributed by atoms with Gasteiger partial charge in [-0.05, 0) is 12.1 Å². The lowest BCUT2D eigenvalue weighted by Crippen LogP contribution is -2.48. The van der Waals surface area contributed by atoms with Crippen LogP contribution in [0.3, 0.4) is 0 Å². The molecule has 1 aromatic carbocycles. The van der Waals surface area contributed by atoms with Crippen LogP contribution in [0.1, 0.15) is 0 Å². The summed E-state index contributed by atoms with van der Waals surface area (Å²) < 4.78 is 5.27. The van der Waals surface area contributed by atoms with Crippen molar-refractivity contribution in [2.45, 2.75) is 6.04 Å². The van der Waals surface area contributed by atoms with E-state index in [1.165, 1.54) is 0 Å². The van der Waals surface area contributed by atoms with Gasteiger partial charge in [0.1, 0.15) is 6.04 Å². The zero-order valence-electron chi connectivity index (χ0n) is 10.4. The third-order valence-electron chi connectivity index (χ3n) is 3.10. The number of hydrogen-bond donors (Lipinski definition) is 2. The summed E-state index contributed by atoms with van der Waals surface area (Å²) in [5.74, 6) is -0.0863. The van der Waals surface area contributed by atoms with E-state index in [2.05, 4.69) is 15.6 Å². The maximum Gasteiger partial charge on any atom is 0.243 e. The number of anilines is 1. The number of rotatable bonds is 2. The van der Waals surface area contributed by atoms with Crippen molar-refractivity contribution in [3.05, 3.63) is 36.5 Å². The molecule has 1 atom stereocenters. The van der Waals surface area contributed by atoms with Crippen LogP contribution >= 0.6 is 0 Å². The van der Waals surface area contributed by atoms with E-state index in [0.29, 0.717) is 25.4 Å². The second kappa shape index (κ2) is 5.34. The molecule has 1 fully saturated rings. The van der Waals surface area contributed by atoms with Crippen LogP contribution in [0.25, 0.3) is 10.9 Å². The Morgan fingerprint density at radius 2 is 2.32 bits per heavy atom. The summed E-state index contributed by atoms with van der Waals surface area (Å²) >= 11 is 0. The molecule has 1 aliphatic heterocycles. The summed E-state index contributed by atoms with van der Waals surface area (Å²) in [6.07, 6.45) is 1.67. The first-order valence-electron chi connectivity index (χ1n) is 6.30. The molecule has 1 amide bonds. The average molecular weight is 257 g/mol. The number of aromatic nitrogens is 1. The minimum atomic E-state index is -0.291. The second-order valence-corrected chi connectivity index (χ2v) is 4.49. The molecule has 1 aliphatic rings. The molecule has 1 aromatic heterocycles. The predicted molar refractivity (Wildman–Crippen MR) is 73.0 cm³/mol. The predicted octanol–water partition coefficient (Wildman–Crippen LogP) is 1.16. The first-order chi connectivity index (χ1) is 9.33. The molecule has 0 bridgehead atoms. The number of hydrogen-bond acceptors (Lipinski definition) is 4. The van der Waals surface area contributed by atoms with Crippen LogP contribution < -0.4 is 10.6 Å². The monoisotopic (exact) mass is 257 g/mol. The van der Waals surface area contributed by atoms with Gasteiger partial charge in [0.2, 0.25) is 5.91 Å². The Labute approximate surface area is 111 Å². The molecule has 2 aromatic rings. The van der Waals surface area contributed by atoms with E-state index in [4.69, 9.17) is 4.74 Å². The molecule has 0 aliphatic carbocycles. The van der Waals surface area contributed by atoms with Gasteiger partial charge in [-0.15, -0.1) is 0 Å². The number of para-hydroxylation sites is 1. The molecule has 0 spiro atoms. The fraction of sp³-hybridized carbons (Fsp3) is 0.286. The van der Waals surface area contributed by atoms with Gasteiger partial charge < -0.3 is 15.4 Å². The molecular formula is C14H15N3O2. The number of pyridine rings is 1. The Morgan fingerprint density at radius 1 is 1.42 bits per heavy atom. The number of nitrogens with zero attached hydrogens (tertiary/aromatic N) is 1. The van der Waals surface area contributed by atoms with E-state index in [0.717, 1.165) is 10.9 Å². The number of benzene rings is 1. The highest BCUT2D eigenvalue weighted by atomic mass is 16.5. The highest BCUT2D eigenvalue weighted by molar-refractivity contribution is 5.96. The van der Waals surface area contributed by atoms with Crippen LogP contribution in [0.4, 0.5) is 5.69 Å². The minimum Gasteiger partial charge on any atom is -0.378 e. The van der Waals surface area contributed by atoms with Crippen molar-refractivity contribution < 1.29 is 9.53 Å². The number of carbonyl (C=O) groups is 1. The van der Waals surface area contributed by atoms with Gasteiger partial charge in [0, 0.05) is 11.9 Å². The number of nitrogens with one attached hydrogen (secondary N) is 2. The number of amides is 1. The van der Waals surface area contributed by atoms with E-state index >= 15 is 0 Å². The first-order valence-corrected chi connectivity index (χ1v) is 6.30. The van der Waals surface area contributed by atoms with Crippen molar-refractivity contribution in [3.8, 4) is 0 Å². The maximum absolute atomic E-state index is 12.0. The van der Waals surface area contributed by atoms with Crippen LogP contribution in [0.2, 0.25) is 0 Å². The third kappa shape index (κ3) is 2.72. The molecule has 3 rings (SSSR count). The minimum absolute atomic E-state index is 0.0863. The Bertz CT molecular complexity index is 594. The van der Waals surface area contributed by atoms with Crippen molar-refractivity contribution in [1.29, 1.82) is 0 Å². The summed E-state index contributed by atoms with van der Waals surface area (Å²) in [6, 6.07) is 9.44.